The first kappa shape index (κ1) is 15.7. The van der Waals surface area contributed by atoms with Crippen molar-refractivity contribution in [2.24, 2.45) is 5.73 Å². The lowest BCUT2D eigenvalue weighted by Gasteiger charge is -2.25. The number of nitrogens with two attached hydrogens (primary N) is 1. The van der Waals surface area contributed by atoms with Crippen molar-refractivity contribution in [3.8, 4) is 0 Å². The third-order valence-electron chi connectivity index (χ3n) is 4.16. The van der Waals surface area contributed by atoms with Crippen LogP contribution in [0.1, 0.15) is 48.8 Å². The van der Waals surface area contributed by atoms with Gasteiger partial charge in [0, 0.05) is 11.7 Å². The van der Waals surface area contributed by atoms with Crippen LogP contribution in [0.2, 0.25) is 0 Å². The molecular weight excluding hydrogens is 265 g/mol. The van der Waals surface area contributed by atoms with Crippen LogP contribution in [0.3, 0.4) is 0 Å². The molecule has 0 saturated carbocycles. The second-order valence-corrected chi connectivity index (χ2v) is 5.52. The molecule has 0 aliphatic carbocycles. The second-order valence-electron chi connectivity index (χ2n) is 5.52. The molecule has 0 bridgehead atoms. The first-order valence-electron chi connectivity index (χ1n) is 7.55. The van der Waals surface area contributed by atoms with E-state index in [1.807, 2.05) is 24.6 Å². The molecule has 3 nitrogen and oxygen atoms in total. The van der Waals surface area contributed by atoms with Gasteiger partial charge in [0.15, 0.2) is 0 Å². The molecule has 2 N–H and O–H groups in total. The number of benzene rings is 1. The fraction of sp³-hybridized carbons (Fsp3) is 0.471. The van der Waals surface area contributed by atoms with Crippen molar-refractivity contribution in [1.82, 2.24) is 9.78 Å². The maximum Gasteiger partial charge on any atom is 0.123 e. The highest BCUT2D eigenvalue weighted by molar-refractivity contribution is 5.29. The van der Waals surface area contributed by atoms with Crippen LogP contribution in [-0.2, 0) is 6.42 Å². The molecule has 21 heavy (non-hydrogen) atoms. The Labute approximate surface area is 126 Å². The van der Waals surface area contributed by atoms with Crippen molar-refractivity contribution >= 4 is 0 Å². The zero-order chi connectivity index (χ0) is 15.6. The molecule has 4 heteroatoms. The number of aryl methyl sites for hydroxylation is 1. The predicted molar refractivity (Wildman–Crippen MR) is 83.9 cm³/mol. The summed E-state index contributed by atoms with van der Waals surface area (Å²) in [5.74, 6) is -0.238. The van der Waals surface area contributed by atoms with E-state index in [-0.39, 0.29) is 17.9 Å². The molecule has 1 heterocycles. The van der Waals surface area contributed by atoms with E-state index in [0.29, 0.717) is 0 Å². The van der Waals surface area contributed by atoms with Crippen LogP contribution in [0, 0.1) is 19.7 Å². The van der Waals surface area contributed by atoms with E-state index in [9.17, 15) is 4.39 Å². The van der Waals surface area contributed by atoms with Crippen molar-refractivity contribution < 1.29 is 4.39 Å². The molecule has 114 valence electrons. The summed E-state index contributed by atoms with van der Waals surface area (Å²) in [4.78, 5) is 0. The Morgan fingerprint density at radius 3 is 2.52 bits per heavy atom. The zero-order valence-corrected chi connectivity index (χ0v) is 13.2. The van der Waals surface area contributed by atoms with Gasteiger partial charge in [0.1, 0.15) is 5.82 Å². The second kappa shape index (κ2) is 6.39. The molecule has 2 aromatic rings. The first-order valence-corrected chi connectivity index (χ1v) is 7.55. The van der Waals surface area contributed by atoms with Gasteiger partial charge in [-0.2, -0.15) is 5.10 Å². The van der Waals surface area contributed by atoms with Crippen molar-refractivity contribution in [2.75, 3.05) is 0 Å². The van der Waals surface area contributed by atoms with Crippen LogP contribution < -0.4 is 5.73 Å². The van der Waals surface area contributed by atoms with Gasteiger partial charge in [-0.25, -0.2) is 4.39 Å². The maximum atomic E-state index is 13.6. The van der Waals surface area contributed by atoms with Gasteiger partial charge >= 0.3 is 0 Å². The standard InChI is InChI=1S/C17H24FN3/c1-5-15-11(3)20-21(12(15)4)17(16(19)6-2)13-8-7-9-14(18)10-13/h7-10,16-17H,5-6,19H2,1-4H3. The largest absolute Gasteiger partial charge is 0.326 e. The van der Waals surface area contributed by atoms with Crippen LogP contribution in [-0.4, -0.2) is 15.8 Å². The van der Waals surface area contributed by atoms with E-state index >= 15 is 0 Å². The average Bonchev–Trinajstić information content (AvgIpc) is 2.73. The lowest BCUT2D eigenvalue weighted by Crippen LogP contribution is -2.33. The third-order valence-corrected chi connectivity index (χ3v) is 4.16. The van der Waals surface area contributed by atoms with E-state index in [1.54, 1.807) is 12.1 Å². The SMILES string of the molecule is CCc1c(C)nn(C(c2cccc(F)c2)C(N)CC)c1C. The molecule has 1 aromatic heterocycles. The molecule has 2 atom stereocenters. The Balaban J connectivity index is 2.56. The van der Waals surface area contributed by atoms with Gasteiger partial charge < -0.3 is 5.73 Å². The molecular formula is C17H24FN3. The molecule has 0 fully saturated rings. The first-order chi connectivity index (χ1) is 9.99. The van der Waals surface area contributed by atoms with Crippen molar-refractivity contribution in [2.45, 2.75) is 52.6 Å². The lowest BCUT2D eigenvalue weighted by atomic mass is 9.97. The molecule has 2 rings (SSSR count). The summed E-state index contributed by atoms with van der Waals surface area (Å²) in [5, 5.41) is 4.67. The summed E-state index contributed by atoms with van der Waals surface area (Å²) in [6.45, 7) is 8.25. The van der Waals surface area contributed by atoms with Crippen LogP contribution in [0.4, 0.5) is 4.39 Å². The molecule has 0 aliphatic heterocycles. The van der Waals surface area contributed by atoms with Gasteiger partial charge in [0.25, 0.3) is 0 Å². The van der Waals surface area contributed by atoms with Crippen LogP contribution >= 0.6 is 0 Å². The molecule has 1 aromatic carbocycles. The van der Waals surface area contributed by atoms with Crippen molar-refractivity contribution in [1.29, 1.82) is 0 Å². The molecule has 0 amide bonds. The number of halogens is 1. The van der Waals surface area contributed by atoms with E-state index < -0.39 is 0 Å². The zero-order valence-electron chi connectivity index (χ0n) is 13.2. The monoisotopic (exact) mass is 289 g/mol. The normalized spacial score (nSPS) is 14.2. The topological polar surface area (TPSA) is 43.8 Å². The number of hydrogen-bond donors (Lipinski definition) is 1. The Morgan fingerprint density at radius 1 is 1.29 bits per heavy atom. The quantitative estimate of drug-likeness (QED) is 0.915. The Morgan fingerprint density at radius 2 is 2.00 bits per heavy atom. The van der Waals surface area contributed by atoms with Crippen molar-refractivity contribution in [3.63, 3.8) is 0 Å². The summed E-state index contributed by atoms with van der Waals surface area (Å²) in [7, 11) is 0. The summed E-state index contributed by atoms with van der Waals surface area (Å²) in [5.41, 5.74) is 10.6. The van der Waals surface area contributed by atoms with Gasteiger partial charge in [0.05, 0.1) is 11.7 Å². The Bertz CT molecular complexity index is 618. The highest BCUT2D eigenvalue weighted by Crippen LogP contribution is 2.27. The smallest absolute Gasteiger partial charge is 0.123 e. The van der Waals surface area contributed by atoms with Crippen molar-refractivity contribution in [3.05, 3.63) is 52.6 Å². The fourth-order valence-electron chi connectivity index (χ4n) is 2.96. The minimum Gasteiger partial charge on any atom is -0.326 e. The summed E-state index contributed by atoms with van der Waals surface area (Å²) in [6, 6.07) is 6.43. The lowest BCUT2D eigenvalue weighted by molar-refractivity contribution is 0.413. The fourth-order valence-corrected chi connectivity index (χ4v) is 2.96. The van der Waals surface area contributed by atoms with Crippen LogP contribution in [0.15, 0.2) is 24.3 Å². The minimum absolute atomic E-state index is 0.102. The predicted octanol–water partition coefficient (Wildman–Crippen LogP) is 3.53. The number of hydrogen-bond acceptors (Lipinski definition) is 2. The van der Waals surface area contributed by atoms with E-state index in [2.05, 4.69) is 18.9 Å². The number of rotatable bonds is 5. The highest BCUT2D eigenvalue weighted by Gasteiger charge is 2.25. The molecule has 0 spiro atoms. The van der Waals surface area contributed by atoms with E-state index in [4.69, 9.17) is 5.73 Å². The van der Waals surface area contributed by atoms with E-state index in [0.717, 1.165) is 29.8 Å². The highest BCUT2D eigenvalue weighted by atomic mass is 19.1. The molecule has 0 saturated heterocycles. The van der Waals surface area contributed by atoms with Gasteiger partial charge in [-0.05, 0) is 49.9 Å². The number of aromatic nitrogens is 2. The third kappa shape index (κ3) is 3.00. The molecule has 0 radical (unpaired) electrons. The Hall–Kier alpha value is -1.68. The number of nitrogens with zero attached hydrogens (tertiary/aromatic N) is 2. The maximum absolute atomic E-state index is 13.6. The van der Waals surface area contributed by atoms with Gasteiger partial charge in [-0.3, -0.25) is 4.68 Å². The summed E-state index contributed by atoms with van der Waals surface area (Å²) < 4.78 is 15.6. The molecule has 0 aliphatic rings. The average molecular weight is 289 g/mol. The summed E-state index contributed by atoms with van der Waals surface area (Å²) in [6.07, 6.45) is 1.75. The van der Waals surface area contributed by atoms with Crippen LogP contribution in [0.5, 0.6) is 0 Å². The van der Waals surface area contributed by atoms with Gasteiger partial charge in [-0.15, -0.1) is 0 Å². The van der Waals surface area contributed by atoms with E-state index in [1.165, 1.54) is 11.6 Å². The Kier molecular flexibility index (Phi) is 4.78. The van der Waals surface area contributed by atoms with Gasteiger partial charge in [-0.1, -0.05) is 26.0 Å². The molecule has 2 unspecified atom stereocenters. The summed E-state index contributed by atoms with van der Waals surface area (Å²) >= 11 is 0. The van der Waals surface area contributed by atoms with Crippen LogP contribution in [0.25, 0.3) is 0 Å². The minimum atomic E-state index is -0.238. The van der Waals surface area contributed by atoms with Gasteiger partial charge in [0.2, 0.25) is 0 Å².